The predicted octanol–water partition coefficient (Wildman–Crippen LogP) is 2.61. The molecule has 2 saturated carbocycles. The molecular weight excluding hydrogens is 236 g/mol. The minimum absolute atomic E-state index is 0.145. The molecule has 1 N–H and O–H groups in total. The monoisotopic (exact) mass is 252 g/mol. The van der Waals surface area contributed by atoms with Crippen molar-refractivity contribution >= 4 is 0 Å². The fourth-order valence-electron chi connectivity index (χ4n) is 4.41. The molecule has 1 aliphatic heterocycles. The van der Waals surface area contributed by atoms with Crippen molar-refractivity contribution in [2.75, 3.05) is 0 Å². The van der Waals surface area contributed by atoms with Gasteiger partial charge in [-0.2, -0.15) is 0 Å². The van der Waals surface area contributed by atoms with Gasteiger partial charge < -0.3 is 9.67 Å². The van der Waals surface area contributed by atoms with E-state index >= 15 is 0 Å². The predicted molar refractivity (Wildman–Crippen MR) is 71.6 cm³/mol. The highest BCUT2D eigenvalue weighted by molar-refractivity contribution is 5.69. The first kappa shape index (κ1) is 10.2. The second kappa shape index (κ2) is 3.10. The molecule has 1 aromatic heterocycles. The zero-order valence-corrected chi connectivity index (χ0v) is 10.7. The van der Waals surface area contributed by atoms with Gasteiger partial charge in [0, 0.05) is 11.5 Å². The van der Waals surface area contributed by atoms with Gasteiger partial charge in [-0.15, -0.1) is 0 Å². The number of hydrogen-bond acceptors (Lipinski definition) is 2. The van der Waals surface area contributed by atoms with E-state index in [9.17, 15) is 5.11 Å². The molecule has 5 rings (SSSR count). The SMILES string of the molecule is O[C@H]1CC2(CC2)[C@@H]1[C@@H]1c2ccccc2-c2cncn21. The topological polar surface area (TPSA) is 38.1 Å². The van der Waals surface area contributed by atoms with Crippen LogP contribution in [0.4, 0.5) is 0 Å². The molecule has 3 heteroatoms. The van der Waals surface area contributed by atoms with E-state index in [2.05, 4.69) is 33.8 Å². The van der Waals surface area contributed by atoms with Gasteiger partial charge in [-0.05, 0) is 30.2 Å². The van der Waals surface area contributed by atoms with Crippen LogP contribution in [-0.2, 0) is 0 Å². The Hall–Kier alpha value is -1.61. The number of imidazole rings is 1. The zero-order chi connectivity index (χ0) is 12.6. The lowest BCUT2D eigenvalue weighted by Gasteiger charge is -2.46. The van der Waals surface area contributed by atoms with Crippen molar-refractivity contribution in [1.29, 1.82) is 0 Å². The zero-order valence-electron chi connectivity index (χ0n) is 10.7. The molecule has 0 saturated heterocycles. The fraction of sp³-hybridized carbons (Fsp3) is 0.438. The summed E-state index contributed by atoms with van der Waals surface area (Å²) < 4.78 is 2.28. The number of aromatic nitrogens is 2. The van der Waals surface area contributed by atoms with E-state index in [4.69, 9.17) is 0 Å². The third-order valence-electron chi connectivity index (χ3n) is 5.49. The Kier molecular flexibility index (Phi) is 1.67. The molecule has 1 spiro atoms. The van der Waals surface area contributed by atoms with Gasteiger partial charge >= 0.3 is 0 Å². The Morgan fingerprint density at radius 3 is 2.89 bits per heavy atom. The number of hydrogen-bond donors (Lipinski definition) is 1. The van der Waals surface area contributed by atoms with Gasteiger partial charge in [-0.3, -0.25) is 0 Å². The molecule has 96 valence electrons. The minimum Gasteiger partial charge on any atom is -0.393 e. The van der Waals surface area contributed by atoms with Crippen LogP contribution < -0.4 is 0 Å². The summed E-state index contributed by atoms with van der Waals surface area (Å²) in [7, 11) is 0. The van der Waals surface area contributed by atoms with E-state index in [0.717, 1.165) is 6.42 Å². The van der Waals surface area contributed by atoms with Gasteiger partial charge in [0.2, 0.25) is 0 Å². The van der Waals surface area contributed by atoms with Crippen molar-refractivity contribution in [2.45, 2.75) is 31.4 Å². The molecule has 2 aromatic rings. The number of rotatable bonds is 1. The van der Waals surface area contributed by atoms with Crippen LogP contribution in [0.1, 0.15) is 30.9 Å². The Morgan fingerprint density at radius 2 is 2.11 bits per heavy atom. The second-order valence-corrected chi connectivity index (χ2v) is 6.38. The highest BCUT2D eigenvalue weighted by Gasteiger charge is 2.64. The first-order valence-corrected chi connectivity index (χ1v) is 7.09. The third-order valence-corrected chi connectivity index (χ3v) is 5.49. The summed E-state index contributed by atoms with van der Waals surface area (Å²) in [6.07, 6.45) is 7.31. The summed E-state index contributed by atoms with van der Waals surface area (Å²) in [5.74, 6) is 0.379. The lowest BCUT2D eigenvalue weighted by molar-refractivity contribution is -0.0677. The maximum Gasteiger partial charge on any atom is 0.0956 e. The van der Waals surface area contributed by atoms with E-state index in [0.29, 0.717) is 17.4 Å². The quantitative estimate of drug-likeness (QED) is 0.847. The van der Waals surface area contributed by atoms with Gasteiger partial charge in [-0.1, -0.05) is 24.3 Å². The van der Waals surface area contributed by atoms with Crippen LogP contribution in [0.15, 0.2) is 36.8 Å². The third kappa shape index (κ3) is 1.11. The van der Waals surface area contributed by atoms with Crippen molar-refractivity contribution in [2.24, 2.45) is 11.3 Å². The van der Waals surface area contributed by atoms with Gasteiger partial charge in [0.05, 0.1) is 30.4 Å². The maximum absolute atomic E-state index is 10.3. The lowest BCUT2D eigenvalue weighted by atomic mass is 9.63. The van der Waals surface area contributed by atoms with Gasteiger partial charge in [0.25, 0.3) is 0 Å². The van der Waals surface area contributed by atoms with E-state index in [1.54, 1.807) is 0 Å². The minimum atomic E-state index is -0.145. The highest BCUT2D eigenvalue weighted by atomic mass is 16.3. The molecule has 19 heavy (non-hydrogen) atoms. The van der Waals surface area contributed by atoms with E-state index in [1.165, 1.54) is 29.7 Å². The average molecular weight is 252 g/mol. The van der Waals surface area contributed by atoms with Crippen molar-refractivity contribution in [3.05, 3.63) is 42.4 Å². The molecule has 3 atom stereocenters. The Balaban J connectivity index is 1.71. The summed E-state index contributed by atoms with van der Waals surface area (Å²) >= 11 is 0. The summed E-state index contributed by atoms with van der Waals surface area (Å²) in [4.78, 5) is 4.31. The average Bonchev–Trinajstić information content (AvgIpc) is 2.97. The van der Waals surface area contributed by atoms with Crippen LogP contribution in [-0.4, -0.2) is 20.8 Å². The van der Waals surface area contributed by atoms with Crippen molar-refractivity contribution in [3.63, 3.8) is 0 Å². The number of fused-ring (bicyclic) bond motifs is 3. The molecule has 0 amide bonds. The van der Waals surface area contributed by atoms with Crippen LogP contribution in [0.5, 0.6) is 0 Å². The van der Waals surface area contributed by atoms with E-state index < -0.39 is 0 Å². The van der Waals surface area contributed by atoms with E-state index in [-0.39, 0.29) is 6.10 Å². The van der Waals surface area contributed by atoms with Crippen molar-refractivity contribution in [3.8, 4) is 11.3 Å². The summed E-state index contributed by atoms with van der Waals surface area (Å²) in [5, 5.41) is 10.3. The first-order chi connectivity index (χ1) is 9.30. The number of aliphatic hydroxyl groups excluding tert-OH is 1. The molecule has 2 aliphatic carbocycles. The largest absolute Gasteiger partial charge is 0.393 e. The van der Waals surface area contributed by atoms with Crippen LogP contribution in [0, 0.1) is 11.3 Å². The van der Waals surface area contributed by atoms with E-state index in [1.807, 2.05) is 12.5 Å². The Labute approximate surface area is 111 Å². The fourth-order valence-corrected chi connectivity index (χ4v) is 4.41. The second-order valence-electron chi connectivity index (χ2n) is 6.38. The Morgan fingerprint density at radius 1 is 1.26 bits per heavy atom. The van der Waals surface area contributed by atoms with Gasteiger partial charge in [0.15, 0.2) is 0 Å². The molecular formula is C16H16N2O. The molecule has 1 aromatic carbocycles. The van der Waals surface area contributed by atoms with Crippen molar-refractivity contribution < 1.29 is 5.11 Å². The molecule has 3 aliphatic rings. The van der Waals surface area contributed by atoms with Crippen LogP contribution in [0.2, 0.25) is 0 Å². The first-order valence-electron chi connectivity index (χ1n) is 7.09. The standard InChI is InChI=1S/C16H16N2O/c19-13-7-16(5-6-16)14(13)15-11-4-2-1-3-10(11)12-8-17-9-18(12)15/h1-4,8-9,13-15,19H,5-7H2/t13-,14-,15-/m0/s1. The van der Waals surface area contributed by atoms with Gasteiger partial charge in [-0.25, -0.2) is 4.98 Å². The molecule has 0 radical (unpaired) electrons. The summed E-state index contributed by atoms with van der Waals surface area (Å²) in [6.45, 7) is 0. The summed E-state index contributed by atoms with van der Waals surface area (Å²) in [5.41, 5.74) is 4.30. The normalized spacial score (nSPS) is 32.8. The molecule has 2 heterocycles. The summed E-state index contributed by atoms with van der Waals surface area (Å²) in [6, 6.07) is 8.88. The number of benzene rings is 1. The van der Waals surface area contributed by atoms with Gasteiger partial charge in [0.1, 0.15) is 0 Å². The molecule has 0 bridgehead atoms. The van der Waals surface area contributed by atoms with Crippen molar-refractivity contribution in [1.82, 2.24) is 9.55 Å². The molecule has 2 fully saturated rings. The maximum atomic E-state index is 10.3. The van der Waals surface area contributed by atoms with Crippen LogP contribution in [0.3, 0.4) is 0 Å². The number of aliphatic hydroxyl groups is 1. The smallest absolute Gasteiger partial charge is 0.0956 e. The van der Waals surface area contributed by atoms with Crippen LogP contribution >= 0.6 is 0 Å². The number of nitrogens with zero attached hydrogens (tertiary/aromatic N) is 2. The highest BCUT2D eigenvalue weighted by Crippen LogP contribution is 2.69. The van der Waals surface area contributed by atoms with Crippen LogP contribution in [0.25, 0.3) is 11.3 Å². The molecule has 3 nitrogen and oxygen atoms in total. The molecule has 0 unspecified atom stereocenters. The Bertz CT molecular complexity index is 671. The lowest BCUT2D eigenvalue weighted by Crippen LogP contribution is -2.47.